The lowest BCUT2D eigenvalue weighted by atomic mass is 10.0. The largest absolute Gasteiger partial charge is 0.494 e. The van der Waals surface area contributed by atoms with Gasteiger partial charge in [0.1, 0.15) is 11.5 Å². The highest BCUT2D eigenvalue weighted by Gasteiger charge is 2.27. The summed E-state index contributed by atoms with van der Waals surface area (Å²) in [6, 6.07) is 21.4. The number of primary amides is 1. The predicted octanol–water partition coefficient (Wildman–Crippen LogP) is 4.70. The average Bonchev–Trinajstić information content (AvgIpc) is 2.91. The molecule has 0 unspecified atom stereocenters. The highest BCUT2D eigenvalue weighted by atomic mass is 16.7. The molecule has 4 rings (SSSR count). The number of hydrogen-bond acceptors (Lipinski definition) is 6. The summed E-state index contributed by atoms with van der Waals surface area (Å²) >= 11 is 0. The Morgan fingerprint density at radius 3 is 2.66 bits per heavy atom. The number of ether oxygens (including phenoxy) is 3. The third kappa shape index (κ3) is 8.05. The molecule has 4 N–H and O–H groups in total. The minimum atomic E-state index is -0.623. The van der Waals surface area contributed by atoms with Crippen LogP contribution < -0.4 is 20.5 Å². The zero-order chi connectivity index (χ0) is 27.0. The minimum Gasteiger partial charge on any atom is -0.494 e. The van der Waals surface area contributed by atoms with Crippen LogP contribution in [0.5, 0.6) is 11.5 Å². The molecule has 38 heavy (non-hydrogen) atoms. The lowest BCUT2D eigenvalue weighted by Gasteiger charge is -2.33. The lowest BCUT2D eigenvalue weighted by molar-refractivity contribution is -0.180. The molecular weight excluding hydrogens is 480 g/mol. The van der Waals surface area contributed by atoms with E-state index in [4.69, 9.17) is 19.9 Å². The Morgan fingerprint density at radius 1 is 1.05 bits per heavy atom. The highest BCUT2D eigenvalue weighted by Crippen LogP contribution is 2.32. The molecule has 202 valence electrons. The number of carbonyl (C=O) groups is 1. The van der Waals surface area contributed by atoms with Gasteiger partial charge in [-0.3, -0.25) is 4.79 Å². The van der Waals surface area contributed by atoms with Crippen LogP contribution in [0.2, 0.25) is 0 Å². The van der Waals surface area contributed by atoms with Gasteiger partial charge in [-0.05, 0) is 85.3 Å². The van der Waals surface area contributed by atoms with Crippen molar-refractivity contribution in [3.63, 3.8) is 0 Å². The third-order valence-electron chi connectivity index (χ3n) is 6.59. The van der Waals surface area contributed by atoms with E-state index in [1.807, 2.05) is 62.4 Å². The molecule has 1 aliphatic rings. The van der Waals surface area contributed by atoms with E-state index >= 15 is 0 Å². The van der Waals surface area contributed by atoms with Crippen molar-refractivity contribution in [2.45, 2.75) is 58.0 Å². The molecule has 0 bridgehead atoms. The molecule has 7 nitrogen and oxygen atoms in total. The van der Waals surface area contributed by atoms with Crippen LogP contribution in [0.3, 0.4) is 0 Å². The second kappa shape index (κ2) is 12.9. The Kier molecular flexibility index (Phi) is 9.39. The van der Waals surface area contributed by atoms with Gasteiger partial charge in [-0.2, -0.15) is 0 Å². The summed E-state index contributed by atoms with van der Waals surface area (Å²) in [5.74, 6) is 0.650. The molecule has 0 radical (unpaired) electrons. The van der Waals surface area contributed by atoms with E-state index < -0.39 is 17.8 Å². The van der Waals surface area contributed by atoms with Crippen molar-refractivity contribution in [3.05, 3.63) is 94.5 Å². The van der Waals surface area contributed by atoms with E-state index in [-0.39, 0.29) is 0 Å². The van der Waals surface area contributed by atoms with Crippen LogP contribution in [0.4, 0.5) is 0 Å². The SMILES string of the molecule is CC1(C)OCc2cc([C@@H](O)CNCCc3ccc(OCCCCc4cccc(C(N)=O)c4)cc3)ccc2O1. The maximum atomic E-state index is 11.3. The summed E-state index contributed by atoms with van der Waals surface area (Å²) in [6.45, 7) is 6.14. The number of fused-ring (bicyclic) bond motifs is 1. The minimum absolute atomic E-state index is 0.395. The van der Waals surface area contributed by atoms with Crippen molar-refractivity contribution in [3.8, 4) is 11.5 Å². The second-order valence-corrected chi connectivity index (χ2v) is 10.1. The van der Waals surface area contributed by atoms with Gasteiger partial charge in [-0.1, -0.05) is 30.3 Å². The van der Waals surface area contributed by atoms with Crippen molar-refractivity contribution in [2.75, 3.05) is 19.7 Å². The van der Waals surface area contributed by atoms with Gasteiger partial charge in [0.15, 0.2) is 0 Å². The number of benzene rings is 3. The number of nitrogens with two attached hydrogens (primary N) is 1. The van der Waals surface area contributed by atoms with Gasteiger partial charge >= 0.3 is 0 Å². The number of aliphatic hydroxyl groups excluding tert-OH is 1. The van der Waals surface area contributed by atoms with Crippen LogP contribution in [-0.2, 0) is 24.2 Å². The number of aliphatic hydroxyl groups is 1. The van der Waals surface area contributed by atoms with Crippen LogP contribution in [0.15, 0.2) is 66.7 Å². The zero-order valence-corrected chi connectivity index (χ0v) is 22.2. The van der Waals surface area contributed by atoms with Crippen LogP contribution >= 0.6 is 0 Å². The first kappa shape index (κ1) is 27.6. The van der Waals surface area contributed by atoms with E-state index in [1.54, 1.807) is 6.07 Å². The molecule has 0 spiro atoms. The van der Waals surface area contributed by atoms with Crippen LogP contribution in [0.1, 0.15) is 65.4 Å². The first-order valence-electron chi connectivity index (χ1n) is 13.2. The molecule has 3 aromatic rings. The van der Waals surface area contributed by atoms with Crippen molar-refractivity contribution in [2.24, 2.45) is 5.73 Å². The molecule has 1 heterocycles. The van der Waals surface area contributed by atoms with Crippen LogP contribution in [0.25, 0.3) is 0 Å². The highest BCUT2D eigenvalue weighted by molar-refractivity contribution is 5.92. The molecule has 1 amide bonds. The number of nitrogens with one attached hydrogen (secondary N) is 1. The molecule has 7 heteroatoms. The monoisotopic (exact) mass is 518 g/mol. The Morgan fingerprint density at radius 2 is 1.87 bits per heavy atom. The average molecular weight is 519 g/mol. The molecule has 1 aliphatic heterocycles. The smallest absolute Gasteiger partial charge is 0.248 e. The Bertz CT molecular complexity index is 1210. The summed E-state index contributed by atoms with van der Waals surface area (Å²) < 4.78 is 17.4. The molecule has 0 saturated carbocycles. The van der Waals surface area contributed by atoms with Gasteiger partial charge in [0, 0.05) is 31.5 Å². The second-order valence-electron chi connectivity index (χ2n) is 10.1. The predicted molar refractivity (Wildman–Crippen MR) is 147 cm³/mol. The van der Waals surface area contributed by atoms with E-state index in [9.17, 15) is 9.90 Å². The number of hydrogen-bond donors (Lipinski definition) is 3. The van der Waals surface area contributed by atoms with Crippen molar-refractivity contribution < 1.29 is 24.1 Å². The van der Waals surface area contributed by atoms with Gasteiger partial charge in [0.25, 0.3) is 0 Å². The summed E-state index contributed by atoms with van der Waals surface area (Å²) in [6.07, 6.45) is 3.05. The first-order chi connectivity index (χ1) is 18.3. The van der Waals surface area contributed by atoms with E-state index in [0.717, 1.165) is 60.4 Å². The topological polar surface area (TPSA) is 103 Å². The fraction of sp³-hybridized carbons (Fsp3) is 0.387. The molecule has 0 saturated heterocycles. The van der Waals surface area contributed by atoms with Crippen LogP contribution in [0, 0.1) is 0 Å². The number of unbranched alkanes of at least 4 members (excludes halogenated alkanes) is 1. The quantitative estimate of drug-likeness (QED) is 0.284. The van der Waals surface area contributed by atoms with Gasteiger partial charge in [0.2, 0.25) is 11.7 Å². The molecule has 0 aliphatic carbocycles. The molecule has 3 aromatic carbocycles. The molecule has 0 fully saturated rings. The van der Waals surface area contributed by atoms with Crippen molar-refractivity contribution in [1.82, 2.24) is 5.32 Å². The van der Waals surface area contributed by atoms with E-state index in [2.05, 4.69) is 17.4 Å². The summed E-state index contributed by atoms with van der Waals surface area (Å²) in [4.78, 5) is 11.3. The number of amides is 1. The summed E-state index contributed by atoms with van der Waals surface area (Å²) in [5.41, 5.74) is 10.0. The van der Waals surface area contributed by atoms with E-state index in [1.165, 1.54) is 5.56 Å². The molecular formula is C31H38N2O5. The van der Waals surface area contributed by atoms with Crippen LogP contribution in [-0.4, -0.2) is 36.5 Å². The van der Waals surface area contributed by atoms with Gasteiger partial charge in [-0.15, -0.1) is 0 Å². The fourth-order valence-electron chi connectivity index (χ4n) is 4.41. The number of carbonyl (C=O) groups excluding carboxylic acids is 1. The molecule has 1 atom stereocenters. The first-order valence-corrected chi connectivity index (χ1v) is 13.2. The lowest BCUT2D eigenvalue weighted by Crippen LogP contribution is -2.35. The molecule has 0 aromatic heterocycles. The third-order valence-corrected chi connectivity index (χ3v) is 6.59. The van der Waals surface area contributed by atoms with Gasteiger partial charge in [0.05, 0.1) is 19.3 Å². The normalized spacial score (nSPS) is 14.8. The summed E-state index contributed by atoms with van der Waals surface area (Å²) in [7, 11) is 0. The fourth-order valence-corrected chi connectivity index (χ4v) is 4.41. The van der Waals surface area contributed by atoms with E-state index in [0.29, 0.717) is 25.3 Å². The number of aryl methyl sites for hydroxylation is 1. The van der Waals surface area contributed by atoms with Gasteiger partial charge in [-0.25, -0.2) is 0 Å². The van der Waals surface area contributed by atoms with Gasteiger partial charge < -0.3 is 30.4 Å². The maximum Gasteiger partial charge on any atom is 0.248 e. The summed E-state index contributed by atoms with van der Waals surface area (Å²) in [5, 5.41) is 13.9. The number of rotatable bonds is 13. The Hall–Kier alpha value is -3.39. The maximum absolute atomic E-state index is 11.3. The van der Waals surface area contributed by atoms with Crippen molar-refractivity contribution in [1.29, 1.82) is 0 Å². The Labute approximate surface area is 224 Å². The van der Waals surface area contributed by atoms with Crippen molar-refractivity contribution >= 4 is 5.91 Å². The Balaban J connectivity index is 1.11. The zero-order valence-electron chi connectivity index (χ0n) is 22.2. The standard InChI is InChI=1S/C31H38N2O5/c1-31(2)37-21-26-19-24(11-14-29(26)38-31)28(34)20-33-16-15-22-9-12-27(13-10-22)36-17-4-3-6-23-7-5-8-25(18-23)30(32)35/h5,7-14,18-19,28,33-34H,3-4,6,15-17,20-21H2,1-2H3,(H2,32,35)/t28-/m0/s1.